The van der Waals surface area contributed by atoms with Crippen LogP contribution in [0, 0.1) is 17.8 Å². The van der Waals surface area contributed by atoms with Crippen LogP contribution in [-0.2, 0) is 14.3 Å². The van der Waals surface area contributed by atoms with Crippen LogP contribution in [0.25, 0.3) is 0 Å². The Bertz CT molecular complexity index is 642. The van der Waals surface area contributed by atoms with Crippen molar-refractivity contribution in [3.63, 3.8) is 0 Å². The predicted molar refractivity (Wildman–Crippen MR) is 125 cm³/mol. The molecule has 3 heterocycles. The first-order valence-electron chi connectivity index (χ1n) is 11.6. The maximum atomic E-state index is 13.5. The number of likely N-dealkylation sites (tertiary alicyclic amines) is 1. The molecule has 32 heavy (non-hydrogen) atoms. The summed E-state index contributed by atoms with van der Waals surface area (Å²) in [7, 11) is 1.93. The maximum absolute atomic E-state index is 13.5. The summed E-state index contributed by atoms with van der Waals surface area (Å²) < 4.78 is 12.1. The molecule has 0 spiro atoms. The summed E-state index contributed by atoms with van der Waals surface area (Å²) in [6.45, 7) is 7.62. The van der Waals surface area contributed by atoms with Gasteiger partial charge in [-0.15, -0.1) is 23.4 Å². The number of nitrogens with zero attached hydrogens (tertiary/aromatic N) is 1. The molecule has 1 amide bonds. The second kappa shape index (κ2) is 11.1. The fourth-order valence-electron chi connectivity index (χ4n) is 5.42. The van der Waals surface area contributed by atoms with Gasteiger partial charge in [-0.05, 0) is 44.9 Å². The number of likely N-dealkylation sites (N-methyl/N-ethyl adjacent to an activating group) is 1. The van der Waals surface area contributed by atoms with E-state index in [0.29, 0.717) is 18.4 Å². The summed E-state index contributed by atoms with van der Waals surface area (Å²) in [5, 5.41) is 33.5. The number of thioether (sulfide) groups is 1. The van der Waals surface area contributed by atoms with E-state index in [9.17, 15) is 20.1 Å². The zero-order valence-corrected chi connectivity index (χ0v) is 21.1. The van der Waals surface area contributed by atoms with E-state index in [1.165, 1.54) is 11.8 Å². The third-order valence-electron chi connectivity index (χ3n) is 7.39. The van der Waals surface area contributed by atoms with Gasteiger partial charge in [-0.25, -0.2) is 0 Å². The van der Waals surface area contributed by atoms with Crippen LogP contribution in [0.4, 0.5) is 0 Å². The van der Waals surface area contributed by atoms with Gasteiger partial charge in [-0.3, -0.25) is 9.69 Å². The highest BCUT2D eigenvalue weighted by Crippen LogP contribution is 2.37. The smallest absolute Gasteiger partial charge is 0.240 e. The van der Waals surface area contributed by atoms with Crippen LogP contribution in [0.5, 0.6) is 0 Å². The van der Waals surface area contributed by atoms with Gasteiger partial charge in [0.15, 0.2) is 0 Å². The molecule has 186 valence electrons. The average molecular weight is 495 g/mol. The topological polar surface area (TPSA) is 111 Å². The number of nitrogens with one attached hydrogen (secondary N) is 1. The minimum atomic E-state index is -1.39. The first-order chi connectivity index (χ1) is 15.1. The van der Waals surface area contributed by atoms with Crippen molar-refractivity contribution in [1.82, 2.24) is 10.2 Å². The van der Waals surface area contributed by atoms with E-state index in [-0.39, 0.29) is 17.9 Å². The van der Waals surface area contributed by atoms with Crippen LogP contribution in [0.15, 0.2) is 0 Å². The Morgan fingerprint density at radius 1 is 1.19 bits per heavy atom. The van der Waals surface area contributed by atoms with Crippen LogP contribution in [0.1, 0.15) is 33.6 Å². The number of fused-ring (bicyclic) bond motifs is 1. The zero-order chi connectivity index (χ0) is 23.7. The van der Waals surface area contributed by atoms with Gasteiger partial charge >= 0.3 is 0 Å². The lowest BCUT2D eigenvalue weighted by atomic mass is 9.83. The molecule has 0 saturated carbocycles. The Hall–Kier alpha value is -0.130. The van der Waals surface area contributed by atoms with Crippen LogP contribution in [0.3, 0.4) is 0 Å². The molecule has 3 rings (SSSR count). The van der Waals surface area contributed by atoms with Crippen molar-refractivity contribution in [3.8, 4) is 0 Å². The molecular formula is C22H39ClN2O6S. The molecule has 0 aromatic rings. The Kier molecular flexibility index (Phi) is 9.16. The molecule has 0 aromatic carbocycles. The Balaban J connectivity index is 1.75. The number of alkyl halides is 1. The van der Waals surface area contributed by atoms with Crippen molar-refractivity contribution in [1.29, 1.82) is 0 Å². The quantitative estimate of drug-likeness (QED) is 0.398. The third kappa shape index (κ3) is 5.40. The van der Waals surface area contributed by atoms with Gasteiger partial charge in [0.05, 0.1) is 17.5 Å². The molecule has 2 unspecified atom stereocenters. The van der Waals surface area contributed by atoms with Gasteiger partial charge in [-0.2, -0.15) is 0 Å². The van der Waals surface area contributed by atoms with E-state index in [1.54, 1.807) is 13.2 Å². The zero-order valence-electron chi connectivity index (χ0n) is 19.6. The van der Waals surface area contributed by atoms with Gasteiger partial charge in [0, 0.05) is 19.1 Å². The molecule has 0 radical (unpaired) electrons. The van der Waals surface area contributed by atoms with Crippen molar-refractivity contribution < 1.29 is 29.6 Å². The second-order valence-electron chi connectivity index (χ2n) is 9.90. The molecular weight excluding hydrogens is 456 g/mol. The number of carbonyl (C=O) groups is 1. The van der Waals surface area contributed by atoms with E-state index in [4.69, 9.17) is 21.1 Å². The molecule has 0 aromatic heterocycles. The Morgan fingerprint density at radius 2 is 1.88 bits per heavy atom. The predicted octanol–water partition coefficient (Wildman–Crippen LogP) is 0.651. The molecule has 11 atom stereocenters. The Morgan fingerprint density at radius 3 is 2.47 bits per heavy atom. The number of aliphatic hydroxyl groups excluding tert-OH is 3. The SMILES string of the molecule is CSC1O[C@H]([C@H](NC(=O)[C@@H]2[C@@H]3OCC[C@@H](C(C)C)C[C@H]3CN2C)[C@H](C)Cl)C(O)[C@@H](O)[C@H]1O. The van der Waals surface area contributed by atoms with Gasteiger partial charge in [-0.1, -0.05) is 13.8 Å². The van der Waals surface area contributed by atoms with E-state index < -0.39 is 47.3 Å². The minimum absolute atomic E-state index is 0.196. The number of aliphatic hydroxyl groups is 3. The fourth-order valence-corrected chi connectivity index (χ4v) is 6.31. The molecule has 3 aliphatic heterocycles. The molecule has 0 aliphatic carbocycles. The van der Waals surface area contributed by atoms with Crippen molar-refractivity contribution >= 4 is 29.3 Å². The number of halogens is 1. The van der Waals surface area contributed by atoms with E-state index in [1.807, 2.05) is 11.9 Å². The third-order valence-corrected chi connectivity index (χ3v) is 8.51. The van der Waals surface area contributed by atoms with Crippen LogP contribution < -0.4 is 5.32 Å². The van der Waals surface area contributed by atoms with E-state index in [0.717, 1.165) is 19.4 Å². The lowest BCUT2D eigenvalue weighted by Crippen LogP contribution is -2.65. The Labute approximate surface area is 200 Å². The first-order valence-corrected chi connectivity index (χ1v) is 13.3. The molecule has 4 N–H and O–H groups in total. The van der Waals surface area contributed by atoms with E-state index in [2.05, 4.69) is 19.2 Å². The van der Waals surface area contributed by atoms with Crippen LogP contribution >= 0.6 is 23.4 Å². The lowest BCUT2D eigenvalue weighted by Gasteiger charge is -2.44. The number of ether oxygens (including phenoxy) is 2. The number of hydrogen-bond acceptors (Lipinski definition) is 8. The monoisotopic (exact) mass is 494 g/mol. The molecule has 0 bridgehead atoms. The van der Waals surface area contributed by atoms with Gasteiger partial charge < -0.3 is 30.1 Å². The average Bonchev–Trinajstić information content (AvgIpc) is 2.90. The van der Waals surface area contributed by atoms with Gasteiger partial charge in [0.1, 0.15) is 35.9 Å². The summed E-state index contributed by atoms with van der Waals surface area (Å²) >= 11 is 7.65. The van der Waals surface area contributed by atoms with Gasteiger partial charge in [0.25, 0.3) is 0 Å². The maximum Gasteiger partial charge on any atom is 0.240 e. The standard InChI is InChI=1S/C22H39ClN2O6S/c1-10(2)12-6-7-30-19-13(8-12)9-25(4)15(19)21(29)24-14(11(3)23)20-17(27)16(26)18(28)22(31-20)32-5/h10-20,22,26-28H,6-9H2,1-5H3,(H,24,29)/t11-,12+,13-,14+,15-,16+,17?,18+,19+,20+,22?/m0/s1. The summed E-state index contributed by atoms with van der Waals surface area (Å²) in [5.74, 6) is 1.22. The summed E-state index contributed by atoms with van der Waals surface area (Å²) in [4.78, 5) is 15.5. The number of hydrogen-bond donors (Lipinski definition) is 4. The fraction of sp³-hybridized carbons (Fsp3) is 0.955. The molecule has 3 saturated heterocycles. The summed E-state index contributed by atoms with van der Waals surface area (Å²) in [6.07, 6.45) is -1.36. The van der Waals surface area contributed by atoms with Crippen LogP contribution in [0.2, 0.25) is 0 Å². The molecule has 3 fully saturated rings. The van der Waals surface area contributed by atoms with Crippen molar-refractivity contribution in [2.24, 2.45) is 17.8 Å². The first kappa shape index (κ1) is 26.5. The highest BCUT2D eigenvalue weighted by atomic mass is 35.5. The second-order valence-corrected chi connectivity index (χ2v) is 11.5. The minimum Gasteiger partial charge on any atom is -0.388 e. The number of carbonyl (C=O) groups excluding carboxylic acids is 1. The largest absolute Gasteiger partial charge is 0.388 e. The highest BCUT2D eigenvalue weighted by Gasteiger charge is 2.50. The molecule has 10 heteroatoms. The van der Waals surface area contributed by atoms with Crippen molar-refractivity contribution in [2.75, 3.05) is 26.5 Å². The summed E-state index contributed by atoms with van der Waals surface area (Å²) in [6, 6.07) is -1.21. The van der Waals surface area contributed by atoms with Crippen molar-refractivity contribution in [3.05, 3.63) is 0 Å². The lowest BCUT2D eigenvalue weighted by molar-refractivity contribution is -0.205. The van der Waals surface area contributed by atoms with Crippen LogP contribution in [-0.4, -0.2) is 106 Å². The highest BCUT2D eigenvalue weighted by molar-refractivity contribution is 7.99. The summed E-state index contributed by atoms with van der Waals surface area (Å²) in [5.41, 5.74) is -0.732. The number of amides is 1. The molecule has 8 nitrogen and oxygen atoms in total. The molecule has 3 aliphatic rings. The van der Waals surface area contributed by atoms with E-state index >= 15 is 0 Å². The van der Waals surface area contributed by atoms with Gasteiger partial charge in [0.2, 0.25) is 5.91 Å². The normalized spacial score (nSPS) is 42.9. The number of rotatable bonds is 6. The van der Waals surface area contributed by atoms with Crippen molar-refractivity contribution in [2.45, 2.75) is 87.0 Å².